The molecule has 0 spiro atoms. The summed E-state index contributed by atoms with van der Waals surface area (Å²) in [4.78, 5) is 49.6. The molecule has 1 aliphatic carbocycles. The lowest BCUT2D eigenvalue weighted by Gasteiger charge is -2.20. The van der Waals surface area contributed by atoms with Crippen LogP contribution in [0.25, 0.3) is 0 Å². The summed E-state index contributed by atoms with van der Waals surface area (Å²) in [5, 5.41) is 2.38. The molecule has 2 aromatic carbocycles. The number of ketones is 2. The molecule has 0 aromatic heterocycles. The lowest BCUT2D eigenvalue weighted by atomic mass is 9.83. The van der Waals surface area contributed by atoms with Crippen LogP contribution in [-0.4, -0.2) is 36.1 Å². The SMILES string of the molecule is CCNC(=O)[C@H](C)OC(=O)c1ccc2c(c1Cl)C(=O)c1ccccc1C2=O. The molecule has 7 heteroatoms. The average Bonchev–Trinajstić information content (AvgIpc) is 2.65. The van der Waals surface area contributed by atoms with Gasteiger partial charge >= 0.3 is 5.97 Å². The fourth-order valence-electron chi connectivity index (χ4n) is 2.90. The zero-order valence-corrected chi connectivity index (χ0v) is 15.4. The van der Waals surface area contributed by atoms with Gasteiger partial charge in [-0.05, 0) is 26.0 Å². The monoisotopic (exact) mass is 385 g/mol. The number of rotatable bonds is 4. The van der Waals surface area contributed by atoms with E-state index >= 15 is 0 Å². The normalized spacial score (nSPS) is 13.4. The Morgan fingerprint density at radius 1 is 1.04 bits per heavy atom. The second-order valence-corrected chi connectivity index (χ2v) is 6.37. The van der Waals surface area contributed by atoms with Gasteiger partial charge in [0.15, 0.2) is 17.7 Å². The Bertz CT molecular complexity index is 982. The summed E-state index contributed by atoms with van der Waals surface area (Å²) in [5.41, 5.74) is 0.564. The highest BCUT2D eigenvalue weighted by Crippen LogP contribution is 2.34. The van der Waals surface area contributed by atoms with E-state index in [9.17, 15) is 19.2 Å². The highest BCUT2D eigenvalue weighted by atomic mass is 35.5. The molecule has 1 amide bonds. The summed E-state index contributed by atoms with van der Waals surface area (Å²) in [6, 6.07) is 9.14. The van der Waals surface area contributed by atoms with Crippen molar-refractivity contribution in [2.45, 2.75) is 20.0 Å². The molecule has 6 nitrogen and oxygen atoms in total. The van der Waals surface area contributed by atoms with Gasteiger partial charge in [0.2, 0.25) is 0 Å². The maximum Gasteiger partial charge on any atom is 0.340 e. The van der Waals surface area contributed by atoms with Gasteiger partial charge in [0, 0.05) is 23.2 Å². The Kier molecular flexibility index (Phi) is 5.10. The molecule has 0 saturated heterocycles. The van der Waals surface area contributed by atoms with E-state index in [0.29, 0.717) is 12.1 Å². The van der Waals surface area contributed by atoms with Crippen LogP contribution >= 0.6 is 11.6 Å². The number of fused-ring (bicyclic) bond motifs is 2. The van der Waals surface area contributed by atoms with E-state index in [1.54, 1.807) is 25.1 Å². The van der Waals surface area contributed by atoms with Gasteiger partial charge in [0.1, 0.15) is 0 Å². The Hall–Kier alpha value is -2.99. The predicted molar refractivity (Wildman–Crippen MR) is 98.3 cm³/mol. The molecular formula is C20H16ClNO5. The molecule has 2 aromatic rings. The molecule has 0 aliphatic heterocycles. The van der Waals surface area contributed by atoms with Gasteiger partial charge in [-0.2, -0.15) is 0 Å². The molecule has 1 N–H and O–H groups in total. The van der Waals surface area contributed by atoms with Crippen LogP contribution < -0.4 is 5.32 Å². The minimum atomic E-state index is -1.03. The van der Waals surface area contributed by atoms with Crippen molar-refractivity contribution in [1.29, 1.82) is 0 Å². The number of halogens is 1. The van der Waals surface area contributed by atoms with Crippen molar-refractivity contribution >= 4 is 35.0 Å². The van der Waals surface area contributed by atoms with Gasteiger partial charge < -0.3 is 10.1 Å². The third-order valence-corrected chi connectivity index (χ3v) is 4.65. The van der Waals surface area contributed by atoms with Gasteiger partial charge in [-0.15, -0.1) is 0 Å². The summed E-state index contributed by atoms with van der Waals surface area (Å²) in [5.74, 6) is -2.06. The van der Waals surface area contributed by atoms with Crippen molar-refractivity contribution in [3.63, 3.8) is 0 Å². The first-order valence-electron chi connectivity index (χ1n) is 8.36. The van der Waals surface area contributed by atoms with E-state index in [-0.39, 0.29) is 33.1 Å². The molecule has 0 fully saturated rings. The number of ether oxygens (including phenoxy) is 1. The second-order valence-electron chi connectivity index (χ2n) is 6.00. The lowest BCUT2D eigenvalue weighted by molar-refractivity contribution is -0.128. The van der Waals surface area contributed by atoms with Crippen molar-refractivity contribution in [3.8, 4) is 0 Å². The van der Waals surface area contributed by atoms with Crippen molar-refractivity contribution in [1.82, 2.24) is 5.32 Å². The summed E-state index contributed by atoms with van der Waals surface area (Å²) >= 11 is 6.30. The van der Waals surface area contributed by atoms with Crippen molar-refractivity contribution in [3.05, 3.63) is 69.2 Å². The first kappa shape index (κ1) is 18.8. The Labute approximate surface area is 160 Å². The van der Waals surface area contributed by atoms with Gasteiger partial charge in [0.25, 0.3) is 5.91 Å². The van der Waals surface area contributed by atoms with Crippen LogP contribution in [0.5, 0.6) is 0 Å². The molecule has 0 unspecified atom stereocenters. The molecule has 0 heterocycles. The summed E-state index contributed by atoms with van der Waals surface area (Å²) in [7, 11) is 0. The second kappa shape index (κ2) is 7.32. The van der Waals surface area contributed by atoms with Crippen LogP contribution in [0.15, 0.2) is 36.4 Å². The Balaban J connectivity index is 1.98. The average molecular weight is 386 g/mol. The van der Waals surface area contributed by atoms with Crippen LogP contribution in [0.4, 0.5) is 0 Å². The molecule has 0 bridgehead atoms. The highest BCUT2D eigenvalue weighted by molar-refractivity contribution is 6.41. The molecular weight excluding hydrogens is 370 g/mol. The maximum atomic E-state index is 12.8. The smallest absolute Gasteiger partial charge is 0.340 e. The van der Waals surface area contributed by atoms with E-state index in [1.807, 2.05) is 0 Å². The van der Waals surface area contributed by atoms with Crippen molar-refractivity contribution in [2.75, 3.05) is 6.54 Å². The number of amides is 1. The van der Waals surface area contributed by atoms with Gasteiger partial charge in [-0.3, -0.25) is 14.4 Å². The lowest BCUT2D eigenvalue weighted by Crippen LogP contribution is -2.35. The number of hydrogen-bond acceptors (Lipinski definition) is 5. The molecule has 138 valence electrons. The number of likely N-dealkylation sites (N-methyl/N-ethyl adjacent to an activating group) is 1. The van der Waals surface area contributed by atoms with Gasteiger partial charge in [0.05, 0.1) is 16.1 Å². The number of benzene rings is 2. The fourth-order valence-corrected chi connectivity index (χ4v) is 3.23. The van der Waals surface area contributed by atoms with E-state index in [2.05, 4.69) is 5.32 Å². The Morgan fingerprint density at radius 3 is 2.30 bits per heavy atom. The quantitative estimate of drug-likeness (QED) is 0.697. The number of carbonyl (C=O) groups excluding carboxylic acids is 4. The molecule has 1 aliphatic rings. The van der Waals surface area contributed by atoms with Crippen molar-refractivity contribution in [2.24, 2.45) is 0 Å². The standard InChI is InChI=1S/C20H16ClNO5/c1-3-22-19(25)10(2)27-20(26)14-9-8-13-15(16(14)21)18(24)12-7-5-4-6-11(12)17(13)23/h4-10H,3H2,1-2H3,(H,22,25)/t10-/m0/s1. The van der Waals surface area contributed by atoms with Crippen LogP contribution in [0.1, 0.15) is 56.0 Å². The molecule has 3 rings (SSSR count). The molecule has 27 heavy (non-hydrogen) atoms. The topological polar surface area (TPSA) is 89.5 Å². The van der Waals surface area contributed by atoms with Crippen LogP contribution in [-0.2, 0) is 9.53 Å². The number of carbonyl (C=O) groups is 4. The van der Waals surface area contributed by atoms with Crippen molar-refractivity contribution < 1.29 is 23.9 Å². The number of esters is 1. The number of nitrogens with one attached hydrogen (secondary N) is 1. The summed E-state index contributed by atoms with van der Waals surface area (Å²) < 4.78 is 5.12. The maximum absolute atomic E-state index is 12.8. The highest BCUT2D eigenvalue weighted by Gasteiger charge is 2.33. The molecule has 1 atom stereocenters. The van der Waals surface area contributed by atoms with E-state index < -0.39 is 23.8 Å². The first-order valence-corrected chi connectivity index (χ1v) is 8.74. The largest absolute Gasteiger partial charge is 0.449 e. The Morgan fingerprint density at radius 2 is 1.67 bits per heavy atom. The molecule has 0 saturated carbocycles. The van der Waals surface area contributed by atoms with E-state index in [1.165, 1.54) is 25.1 Å². The van der Waals surface area contributed by atoms with Crippen LogP contribution in [0, 0.1) is 0 Å². The summed E-state index contributed by atoms with van der Waals surface area (Å²) in [6.45, 7) is 3.57. The van der Waals surface area contributed by atoms with E-state index in [4.69, 9.17) is 16.3 Å². The third-order valence-electron chi connectivity index (χ3n) is 4.25. The summed E-state index contributed by atoms with van der Waals surface area (Å²) in [6.07, 6.45) is -1.03. The van der Waals surface area contributed by atoms with E-state index in [0.717, 1.165) is 0 Å². The fraction of sp³-hybridized carbons (Fsp3) is 0.200. The third kappa shape index (κ3) is 3.24. The molecule has 0 radical (unpaired) electrons. The van der Waals surface area contributed by atoms with Crippen LogP contribution in [0.2, 0.25) is 5.02 Å². The van der Waals surface area contributed by atoms with Gasteiger partial charge in [-0.25, -0.2) is 4.79 Å². The first-order chi connectivity index (χ1) is 12.9. The minimum Gasteiger partial charge on any atom is -0.449 e. The van der Waals surface area contributed by atoms with Crippen LogP contribution in [0.3, 0.4) is 0 Å². The zero-order chi connectivity index (χ0) is 19.7. The zero-order valence-electron chi connectivity index (χ0n) is 14.7. The minimum absolute atomic E-state index is 0.0273. The predicted octanol–water partition coefficient (Wildman–Crippen LogP) is 2.80. The number of hydrogen-bond donors (Lipinski definition) is 1. The van der Waals surface area contributed by atoms with Gasteiger partial charge in [-0.1, -0.05) is 35.9 Å².